The van der Waals surface area contributed by atoms with Crippen LogP contribution in [-0.2, 0) is 20.9 Å². The predicted octanol–water partition coefficient (Wildman–Crippen LogP) is 4.49. The minimum Gasteiger partial charge on any atom is -0.494 e. The third-order valence-electron chi connectivity index (χ3n) is 5.38. The Bertz CT molecular complexity index is 974. The van der Waals surface area contributed by atoms with Gasteiger partial charge in [0.1, 0.15) is 11.8 Å². The molecule has 6 heteroatoms. The number of carbonyl (C=O) groups excluding carboxylic acids is 3. The number of nitrogens with zero attached hydrogens (tertiary/aromatic N) is 2. The standard InChI is InChI=1S/C26H32N2O4/c1-6-32-21-13-11-20(12-14-21)28-23(29)15-22(25(28)31)27(24(30)16-26(3,4)5)17-19-9-7-18(2)8-10-19/h7-14,22H,6,15-17H2,1-5H3. The summed E-state index contributed by atoms with van der Waals surface area (Å²) in [6.07, 6.45) is 0.272. The largest absolute Gasteiger partial charge is 0.494 e. The summed E-state index contributed by atoms with van der Waals surface area (Å²) in [6.45, 7) is 10.7. The molecule has 32 heavy (non-hydrogen) atoms. The molecule has 1 heterocycles. The molecule has 0 bridgehead atoms. The molecule has 0 saturated carbocycles. The van der Waals surface area contributed by atoms with Crippen LogP contribution >= 0.6 is 0 Å². The minimum absolute atomic E-state index is 0.0201. The second-order valence-corrected chi connectivity index (χ2v) is 9.46. The Labute approximate surface area is 190 Å². The van der Waals surface area contributed by atoms with Gasteiger partial charge in [0.25, 0.3) is 5.91 Å². The number of ether oxygens (including phenoxy) is 1. The first-order valence-corrected chi connectivity index (χ1v) is 11.0. The van der Waals surface area contributed by atoms with Crippen molar-refractivity contribution in [3.63, 3.8) is 0 Å². The van der Waals surface area contributed by atoms with E-state index in [0.717, 1.165) is 11.1 Å². The molecule has 1 fully saturated rings. The molecule has 1 aliphatic rings. The van der Waals surface area contributed by atoms with Crippen LogP contribution in [0, 0.1) is 12.3 Å². The molecule has 1 unspecified atom stereocenters. The number of amides is 3. The van der Waals surface area contributed by atoms with Crippen molar-refractivity contribution in [3.05, 3.63) is 59.7 Å². The SMILES string of the molecule is CCOc1ccc(N2C(=O)CC(N(Cc3ccc(C)cc3)C(=O)CC(C)(C)C)C2=O)cc1. The molecule has 2 aromatic rings. The first-order valence-electron chi connectivity index (χ1n) is 11.0. The molecular weight excluding hydrogens is 404 g/mol. The monoisotopic (exact) mass is 436 g/mol. The van der Waals surface area contributed by atoms with Crippen molar-refractivity contribution in [1.82, 2.24) is 4.90 Å². The van der Waals surface area contributed by atoms with E-state index in [1.807, 2.05) is 58.9 Å². The molecule has 0 aliphatic carbocycles. The third-order valence-corrected chi connectivity index (χ3v) is 5.38. The van der Waals surface area contributed by atoms with E-state index in [2.05, 4.69) is 0 Å². The number of hydrogen-bond donors (Lipinski definition) is 0. The first kappa shape index (κ1) is 23.5. The van der Waals surface area contributed by atoms with Crippen LogP contribution < -0.4 is 9.64 Å². The highest BCUT2D eigenvalue weighted by molar-refractivity contribution is 6.23. The lowest BCUT2D eigenvalue weighted by Gasteiger charge is -2.30. The van der Waals surface area contributed by atoms with Crippen LogP contribution in [0.3, 0.4) is 0 Å². The topological polar surface area (TPSA) is 66.9 Å². The number of rotatable bonds is 7. The zero-order chi connectivity index (χ0) is 23.5. The lowest BCUT2D eigenvalue weighted by molar-refractivity contribution is -0.140. The van der Waals surface area contributed by atoms with E-state index in [1.54, 1.807) is 29.2 Å². The highest BCUT2D eigenvalue weighted by Crippen LogP contribution is 2.30. The minimum atomic E-state index is -0.815. The number of imide groups is 1. The highest BCUT2D eigenvalue weighted by atomic mass is 16.5. The fraction of sp³-hybridized carbons (Fsp3) is 0.423. The number of hydrogen-bond acceptors (Lipinski definition) is 4. The Kier molecular flexibility index (Phi) is 7.02. The maximum atomic E-state index is 13.4. The van der Waals surface area contributed by atoms with Gasteiger partial charge in [-0.25, -0.2) is 4.90 Å². The van der Waals surface area contributed by atoms with Gasteiger partial charge in [0, 0.05) is 13.0 Å². The second-order valence-electron chi connectivity index (χ2n) is 9.46. The number of aryl methyl sites for hydroxylation is 1. The summed E-state index contributed by atoms with van der Waals surface area (Å²) in [7, 11) is 0. The molecule has 0 spiro atoms. The smallest absolute Gasteiger partial charge is 0.257 e. The Balaban J connectivity index is 1.88. The van der Waals surface area contributed by atoms with Crippen LogP contribution in [0.15, 0.2) is 48.5 Å². The van der Waals surface area contributed by atoms with Crippen LogP contribution in [0.5, 0.6) is 5.75 Å². The van der Waals surface area contributed by atoms with Crippen molar-refractivity contribution >= 4 is 23.4 Å². The maximum Gasteiger partial charge on any atom is 0.257 e. The van der Waals surface area contributed by atoms with E-state index in [-0.39, 0.29) is 36.1 Å². The lowest BCUT2D eigenvalue weighted by Crippen LogP contribution is -2.46. The molecule has 1 saturated heterocycles. The molecule has 6 nitrogen and oxygen atoms in total. The Morgan fingerprint density at radius 3 is 2.25 bits per heavy atom. The van der Waals surface area contributed by atoms with E-state index in [1.165, 1.54) is 4.90 Å². The average molecular weight is 437 g/mol. The number of anilines is 1. The molecule has 3 amide bonds. The van der Waals surface area contributed by atoms with Gasteiger partial charge in [-0.3, -0.25) is 14.4 Å². The molecule has 1 atom stereocenters. The quantitative estimate of drug-likeness (QED) is 0.600. The van der Waals surface area contributed by atoms with Crippen LogP contribution in [0.2, 0.25) is 0 Å². The molecule has 0 radical (unpaired) electrons. The fourth-order valence-electron chi connectivity index (χ4n) is 3.81. The van der Waals surface area contributed by atoms with Crippen molar-refractivity contribution < 1.29 is 19.1 Å². The average Bonchev–Trinajstić information content (AvgIpc) is 3.01. The van der Waals surface area contributed by atoms with Gasteiger partial charge in [-0.2, -0.15) is 0 Å². The fourth-order valence-corrected chi connectivity index (χ4v) is 3.81. The zero-order valence-corrected chi connectivity index (χ0v) is 19.6. The molecule has 0 aromatic heterocycles. The molecule has 2 aromatic carbocycles. The first-order chi connectivity index (χ1) is 15.1. The lowest BCUT2D eigenvalue weighted by atomic mass is 9.91. The van der Waals surface area contributed by atoms with Crippen LogP contribution in [0.1, 0.15) is 51.7 Å². The van der Waals surface area contributed by atoms with Gasteiger partial charge < -0.3 is 9.64 Å². The van der Waals surface area contributed by atoms with E-state index < -0.39 is 6.04 Å². The second kappa shape index (κ2) is 9.55. The van der Waals surface area contributed by atoms with Crippen molar-refractivity contribution in [2.24, 2.45) is 5.41 Å². The number of carbonyl (C=O) groups is 3. The maximum absolute atomic E-state index is 13.4. The summed E-state index contributed by atoms with van der Waals surface area (Å²) < 4.78 is 5.45. The zero-order valence-electron chi connectivity index (χ0n) is 19.6. The third kappa shape index (κ3) is 5.55. The van der Waals surface area contributed by atoms with Crippen LogP contribution in [0.25, 0.3) is 0 Å². The van der Waals surface area contributed by atoms with E-state index in [0.29, 0.717) is 24.5 Å². The van der Waals surface area contributed by atoms with Gasteiger partial charge in [-0.1, -0.05) is 50.6 Å². The van der Waals surface area contributed by atoms with Crippen molar-refractivity contribution in [1.29, 1.82) is 0 Å². The van der Waals surface area contributed by atoms with Crippen molar-refractivity contribution in [3.8, 4) is 5.75 Å². The molecule has 1 aliphatic heterocycles. The molecule has 170 valence electrons. The number of benzene rings is 2. The highest BCUT2D eigenvalue weighted by Gasteiger charge is 2.44. The van der Waals surface area contributed by atoms with Gasteiger partial charge in [0.2, 0.25) is 11.8 Å². The van der Waals surface area contributed by atoms with E-state index in [9.17, 15) is 14.4 Å². The van der Waals surface area contributed by atoms with E-state index in [4.69, 9.17) is 4.74 Å². The summed E-state index contributed by atoms with van der Waals surface area (Å²) in [5, 5.41) is 0. The predicted molar refractivity (Wildman–Crippen MR) is 124 cm³/mol. The van der Waals surface area contributed by atoms with Crippen molar-refractivity contribution in [2.45, 2.75) is 60.0 Å². The van der Waals surface area contributed by atoms with E-state index >= 15 is 0 Å². The normalized spacial score (nSPS) is 16.4. The van der Waals surface area contributed by atoms with Crippen LogP contribution in [-0.4, -0.2) is 35.3 Å². The van der Waals surface area contributed by atoms with Crippen LogP contribution in [0.4, 0.5) is 5.69 Å². The summed E-state index contributed by atoms with van der Waals surface area (Å²) in [5.41, 5.74) is 2.31. The summed E-state index contributed by atoms with van der Waals surface area (Å²) in [4.78, 5) is 42.2. The molecule has 0 N–H and O–H groups in total. The summed E-state index contributed by atoms with van der Waals surface area (Å²) in [5.74, 6) is -0.124. The van der Waals surface area contributed by atoms with Gasteiger partial charge in [-0.05, 0) is 49.1 Å². The van der Waals surface area contributed by atoms with Gasteiger partial charge in [0.15, 0.2) is 0 Å². The van der Waals surface area contributed by atoms with Gasteiger partial charge in [0.05, 0.1) is 18.7 Å². The Hall–Kier alpha value is -3.15. The molecule has 3 rings (SSSR count). The van der Waals surface area contributed by atoms with Gasteiger partial charge >= 0.3 is 0 Å². The Morgan fingerprint density at radius 1 is 1.06 bits per heavy atom. The summed E-state index contributed by atoms with van der Waals surface area (Å²) in [6, 6.07) is 13.9. The summed E-state index contributed by atoms with van der Waals surface area (Å²) >= 11 is 0. The Morgan fingerprint density at radius 2 is 1.69 bits per heavy atom. The van der Waals surface area contributed by atoms with Gasteiger partial charge in [-0.15, -0.1) is 0 Å². The van der Waals surface area contributed by atoms with Crippen molar-refractivity contribution in [2.75, 3.05) is 11.5 Å². The molecular formula is C26H32N2O4.